The van der Waals surface area contributed by atoms with Crippen LogP contribution in [0.4, 0.5) is 0 Å². The van der Waals surface area contributed by atoms with E-state index in [1.54, 1.807) is 0 Å². The molecule has 3 aromatic rings. The summed E-state index contributed by atoms with van der Waals surface area (Å²) in [6, 6.07) is 18.8. The van der Waals surface area contributed by atoms with Crippen molar-refractivity contribution in [2.75, 3.05) is 39.3 Å². The zero-order chi connectivity index (χ0) is 25.1. The Morgan fingerprint density at radius 2 is 1.64 bits per heavy atom. The van der Waals surface area contributed by atoms with Gasteiger partial charge in [-0.2, -0.15) is 0 Å². The largest absolute Gasteiger partial charge is 0.340 e. The number of carbonyl (C=O) groups excluding carboxylic acids is 2. The highest BCUT2D eigenvalue weighted by Crippen LogP contribution is 2.38. The second-order valence-electron chi connectivity index (χ2n) is 9.86. The van der Waals surface area contributed by atoms with Gasteiger partial charge in [-0.25, -0.2) is 0 Å². The second-order valence-corrected chi connectivity index (χ2v) is 10.9. The quantitative estimate of drug-likeness (QED) is 0.497. The maximum absolute atomic E-state index is 13.5. The third-order valence-corrected chi connectivity index (χ3v) is 8.63. The normalized spacial score (nSPS) is 18.6. The van der Waals surface area contributed by atoms with Crippen LogP contribution in [-0.4, -0.2) is 65.8 Å². The average Bonchev–Trinajstić information content (AvgIpc) is 3.24. The molecule has 0 radical (unpaired) electrons. The highest BCUT2D eigenvalue weighted by molar-refractivity contribution is 7.10. The van der Waals surface area contributed by atoms with Crippen molar-refractivity contribution in [1.82, 2.24) is 14.7 Å². The van der Waals surface area contributed by atoms with Gasteiger partial charge < -0.3 is 9.80 Å². The first-order valence-corrected chi connectivity index (χ1v) is 13.9. The number of amides is 2. The highest BCUT2D eigenvalue weighted by Gasteiger charge is 2.33. The molecule has 2 aliphatic heterocycles. The lowest BCUT2D eigenvalue weighted by atomic mass is 9.90. The van der Waals surface area contributed by atoms with Crippen LogP contribution in [-0.2, 0) is 17.6 Å². The Morgan fingerprint density at radius 3 is 2.42 bits per heavy atom. The Kier molecular flexibility index (Phi) is 7.54. The summed E-state index contributed by atoms with van der Waals surface area (Å²) in [5.74, 6) is 0.224. The van der Waals surface area contributed by atoms with Crippen LogP contribution in [0.25, 0.3) is 0 Å². The Balaban J connectivity index is 1.26. The molecule has 1 fully saturated rings. The van der Waals surface area contributed by atoms with E-state index in [2.05, 4.69) is 54.5 Å². The van der Waals surface area contributed by atoms with Crippen LogP contribution in [0.3, 0.4) is 0 Å². The summed E-state index contributed by atoms with van der Waals surface area (Å²) < 4.78 is 0. The molecule has 5 rings (SSSR count). The number of hydrogen-bond acceptors (Lipinski definition) is 4. The zero-order valence-corrected chi connectivity index (χ0v) is 22.1. The summed E-state index contributed by atoms with van der Waals surface area (Å²) in [4.78, 5) is 34.3. The van der Waals surface area contributed by atoms with Crippen LogP contribution < -0.4 is 0 Å². The van der Waals surface area contributed by atoms with E-state index in [9.17, 15) is 9.59 Å². The van der Waals surface area contributed by atoms with E-state index in [4.69, 9.17) is 0 Å². The minimum absolute atomic E-state index is 0.0626. The summed E-state index contributed by atoms with van der Waals surface area (Å²) in [5.41, 5.74) is 5.85. The van der Waals surface area contributed by atoms with Crippen molar-refractivity contribution in [3.8, 4) is 0 Å². The van der Waals surface area contributed by atoms with Gasteiger partial charge in [-0.05, 0) is 72.0 Å². The standard InChI is InChI=1S/C30H35N3O2S/c1-3-23-9-11-24(12-10-23)30(35)32-16-6-15-31(18-19-32)28(34)21-33-17-13-27-26(14-20-36-27)29(33)25-8-5-4-7-22(25)2/h4-5,7-12,14,20,29H,3,6,13,15-19,21H2,1-2H3/t29-/m1/s1. The molecular formula is C30H35N3O2S. The van der Waals surface area contributed by atoms with E-state index in [1.807, 2.05) is 45.4 Å². The maximum atomic E-state index is 13.5. The molecule has 36 heavy (non-hydrogen) atoms. The minimum Gasteiger partial charge on any atom is -0.340 e. The molecule has 5 nitrogen and oxygen atoms in total. The fourth-order valence-electron chi connectivity index (χ4n) is 5.51. The lowest BCUT2D eigenvalue weighted by Gasteiger charge is -2.37. The molecule has 2 aliphatic rings. The van der Waals surface area contributed by atoms with Crippen molar-refractivity contribution >= 4 is 23.2 Å². The molecule has 0 bridgehead atoms. The molecule has 2 amide bonds. The smallest absolute Gasteiger partial charge is 0.253 e. The third-order valence-electron chi connectivity index (χ3n) is 7.63. The van der Waals surface area contributed by atoms with E-state index in [1.165, 1.54) is 27.1 Å². The predicted octanol–water partition coefficient (Wildman–Crippen LogP) is 4.94. The second kappa shape index (κ2) is 11.0. The molecule has 0 spiro atoms. The van der Waals surface area contributed by atoms with Gasteiger partial charge in [-0.1, -0.05) is 43.3 Å². The van der Waals surface area contributed by atoms with Crippen LogP contribution in [0.2, 0.25) is 0 Å². The number of nitrogens with zero attached hydrogens (tertiary/aromatic N) is 3. The Hall–Kier alpha value is -2.96. The molecule has 1 saturated heterocycles. The molecule has 3 heterocycles. The lowest BCUT2D eigenvalue weighted by molar-refractivity contribution is -0.132. The van der Waals surface area contributed by atoms with Crippen molar-refractivity contribution in [3.05, 3.63) is 92.7 Å². The molecule has 2 aromatic carbocycles. The van der Waals surface area contributed by atoms with Crippen LogP contribution in [0.1, 0.15) is 56.9 Å². The number of aryl methyl sites for hydroxylation is 2. The number of fused-ring (bicyclic) bond motifs is 1. The molecule has 1 aromatic heterocycles. The van der Waals surface area contributed by atoms with Gasteiger partial charge in [0.25, 0.3) is 5.91 Å². The molecule has 1 atom stereocenters. The molecular weight excluding hydrogens is 466 g/mol. The fraction of sp³-hybridized carbons (Fsp3) is 0.400. The summed E-state index contributed by atoms with van der Waals surface area (Å²) >= 11 is 1.82. The van der Waals surface area contributed by atoms with Gasteiger partial charge >= 0.3 is 0 Å². The summed E-state index contributed by atoms with van der Waals surface area (Å²) in [6.45, 7) is 8.11. The number of benzene rings is 2. The summed E-state index contributed by atoms with van der Waals surface area (Å²) in [6.07, 6.45) is 2.76. The zero-order valence-electron chi connectivity index (χ0n) is 21.3. The van der Waals surface area contributed by atoms with E-state index in [-0.39, 0.29) is 17.9 Å². The van der Waals surface area contributed by atoms with Gasteiger partial charge in [0.05, 0.1) is 12.6 Å². The van der Waals surface area contributed by atoms with Crippen molar-refractivity contribution < 1.29 is 9.59 Å². The van der Waals surface area contributed by atoms with Crippen molar-refractivity contribution in [2.45, 2.75) is 39.2 Å². The number of rotatable bonds is 5. The van der Waals surface area contributed by atoms with Crippen molar-refractivity contribution in [3.63, 3.8) is 0 Å². The van der Waals surface area contributed by atoms with Gasteiger partial charge in [0.15, 0.2) is 0 Å². The Bertz CT molecular complexity index is 1220. The van der Waals surface area contributed by atoms with Crippen LogP contribution in [0.15, 0.2) is 60.0 Å². The van der Waals surface area contributed by atoms with Crippen molar-refractivity contribution in [1.29, 1.82) is 0 Å². The number of carbonyl (C=O) groups is 2. The van der Waals surface area contributed by atoms with Crippen LogP contribution in [0, 0.1) is 6.92 Å². The van der Waals surface area contributed by atoms with E-state index in [0.717, 1.165) is 31.4 Å². The molecule has 0 aliphatic carbocycles. The Morgan fingerprint density at radius 1 is 0.889 bits per heavy atom. The van der Waals surface area contributed by atoms with Gasteiger partial charge in [-0.15, -0.1) is 11.3 Å². The first-order valence-electron chi connectivity index (χ1n) is 13.1. The predicted molar refractivity (Wildman–Crippen MR) is 146 cm³/mol. The SMILES string of the molecule is CCc1ccc(C(=O)N2CCCN(C(=O)CN3CCc4sccc4[C@H]3c3ccccc3C)CC2)cc1. The molecule has 0 N–H and O–H groups in total. The van der Waals surface area contributed by atoms with Gasteiger partial charge in [0, 0.05) is 43.2 Å². The molecule has 6 heteroatoms. The van der Waals surface area contributed by atoms with Crippen LogP contribution in [0.5, 0.6) is 0 Å². The number of thiophene rings is 1. The van der Waals surface area contributed by atoms with Crippen LogP contribution >= 0.6 is 11.3 Å². The minimum atomic E-state index is 0.0626. The molecule has 0 saturated carbocycles. The highest BCUT2D eigenvalue weighted by atomic mass is 32.1. The van der Waals surface area contributed by atoms with E-state index in [0.29, 0.717) is 32.7 Å². The lowest BCUT2D eigenvalue weighted by Crippen LogP contribution is -2.45. The average molecular weight is 502 g/mol. The fourth-order valence-corrected chi connectivity index (χ4v) is 6.41. The monoisotopic (exact) mass is 501 g/mol. The summed E-state index contributed by atoms with van der Waals surface area (Å²) in [7, 11) is 0. The topological polar surface area (TPSA) is 43.9 Å². The summed E-state index contributed by atoms with van der Waals surface area (Å²) in [5, 5.41) is 2.18. The van der Waals surface area contributed by atoms with E-state index < -0.39 is 0 Å². The molecule has 0 unspecified atom stereocenters. The van der Waals surface area contributed by atoms with Gasteiger partial charge in [-0.3, -0.25) is 14.5 Å². The number of hydrogen-bond donors (Lipinski definition) is 0. The van der Waals surface area contributed by atoms with Crippen molar-refractivity contribution in [2.24, 2.45) is 0 Å². The third kappa shape index (κ3) is 5.11. The first-order chi connectivity index (χ1) is 17.5. The van der Waals surface area contributed by atoms with E-state index >= 15 is 0 Å². The molecule has 188 valence electrons. The van der Waals surface area contributed by atoms with Gasteiger partial charge in [0.1, 0.15) is 0 Å². The maximum Gasteiger partial charge on any atom is 0.253 e. The van der Waals surface area contributed by atoms with Gasteiger partial charge in [0.2, 0.25) is 5.91 Å². The Labute approximate surface area is 218 Å². The first kappa shape index (κ1) is 24.7.